The van der Waals surface area contributed by atoms with E-state index in [0.29, 0.717) is 17.8 Å². The van der Waals surface area contributed by atoms with E-state index in [-0.39, 0.29) is 0 Å². The number of amidine groups is 1. The fraction of sp³-hybridized carbons (Fsp3) is 0.700. The quantitative estimate of drug-likeness (QED) is 0.236. The third kappa shape index (κ3) is 3.03. The first kappa shape index (κ1) is 11.0. The molecule has 0 amide bonds. The number of nitrogens with two attached hydrogens (primary N) is 1. The van der Waals surface area contributed by atoms with Gasteiger partial charge in [0.05, 0.1) is 5.84 Å². The van der Waals surface area contributed by atoms with Gasteiger partial charge in [0.15, 0.2) is 0 Å². The number of nitrogens with one attached hydrogen (secondary N) is 3. The molecule has 0 bridgehead atoms. The van der Waals surface area contributed by atoms with Crippen molar-refractivity contribution in [3.8, 4) is 0 Å². The maximum absolute atomic E-state index is 7.34. The summed E-state index contributed by atoms with van der Waals surface area (Å²) in [5.41, 5.74) is 3.57. The van der Waals surface area contributed by atoms with E-state index < -0.39 is 0 Å². The van der Waals surface area contributed by atoms with Gasteiger partial charge in [-0.05, 0) is 38.5 Å². The SMILES string of the molecule is C=C(NN)C1CCC(NC(C)=N)CC1. The average Bonchev–Trinajstić information content (AvgIpc) is 2.17. The van der Waals surface area contributed by atoms with E-state index in [4.69, 9.17) is 11.3 Å². The van der Waals surface area contributed by atoms with Crippen molar-refractivity contribution in [3.05, 3.63) is 12.3 Å². The molecule has 0 radical (unpaired) electrons. The molecule has 1 fully saturated rings. The van der Waals surface area contributed by atoms with E-state index in [0.717, 1.165) is 31.4 Å². The summed E-state index contributed by atoms with van der Waals surface area (Å²) in [5, 5.41) is 10.5. The van der Waals surface area contributed by atoms with Crippen LogP contribution in [-0.4, -0.2) is 11.9 Å². The molecule has 0 aromatic carbocycles. The Balaban J connectivity index is 2.31. The molecule has 1 saturated carbocycles. The van der Waals surface area contributed by atoms with E-state index in [2.05, 4.69) is 17.3 Å². The van der Waals surface area contributed by atoms with Crippen molar-refractivity contribution in [2.45, 2.75) is 38.6 Å². The molecule has 0 aromatic rings. The largest absolute Gasteiger partial charge is 0.372 e. The van der Waals surface area contributed by atoms with Gasteiger partial charge in [0.25, 0.3) is 0 Å². The monoisotopic (exact) mass is 196 g/mol. The number of hydrogen-bond donors (Lipinski definition) is 4. The normalized spacial score (nSPS) is 26.7. The molecule has 4 nitrogen and oxygen atoms in total. The lowest BCUT2D eigenvalue weighted by molar-refractivity contribution is 0.334. The fourth-order valence-corrected chi connectivity index (χ4v) is 2.01. The lowest BCUT2D eigenvalue weighted by atomic mass is 9.84. The van der Waals surface area contributed by atoms with Gasteiger partial charge in [-0.3, -0.25) is 11.3 Å². The van der Waals surface area contributed by atoms with Crippen molar-refractivity contribution in [3.63, 3.8) is 0 Å². The molecular formula is C10H20N4. The first-order chi connectivity index (χ1) is 6.63. The van der Waals surface area contributed by atoms with Crippen molar-refractivity contribution in [2.75, 3.05) is 0 Å². The van der Waals surface area contributed by atoms with Gasteiger partial charge in [-0.1, -0.05) is 6.58 Å². The van der Waals surface area contributed by atoms with E-state index in [1.165, 1.54) is 0 Å². The highest BCUT2D eigenvalue weighted by Gasteiger charge is 2.22. The van der Waals surface area contributed by atoms with Crippen LogP contribution in [0, 0.1) is 11.3 Å². The molecule has 14 heavy (non-hydrogen) atoms. The van der Waals surface area contributed by atoms with Gasteiger partial charge in [0.1, 0.15) is 0 Å². The van der Waals surface area contributed by atoms with Crippen LogP contribution in [0.3, 0.4) is 0 Å². The van der Waals surface area contributed by atoms with Gasteiger partial charge in [-0.2, -0.15) is 0 Å². The second kappa shape index (κ2) is 5.00. The molecular weight excluding hydrogens is 176 g/mol. The van der Waals surface area contributed by atoms with Crippen molar-refractivity contribution >= 4 is 5.84 Å². The number of allylic oxidation sites excluding steroid dienone is 1. The second-order valence-electron chi connectivity index (χ2n) is 3.99. The van der Waals surface area contributed by atoms with Crippen LogP contribution < -0.4 is 16.6 Å². The molecule has 1 rings (SSSR count). The van der Waals surface area contributed by atoms with Gasteiger partial charge in [-0.15, -0.1) is 0 Å². The topological polar surface area (TPSA) is 73.9 Å². The summed E-state index contributed by atoms with van der Waals surface area (Å²) in [5.74, 6) is 6.38. The lowest BCUT2D eigenvalue weighted by Crippen LogP contribution is -2.37. The third-order valence-electron chi connectivity index (χ3n) is 2.83. The van der Waals surface area contributed by atoms with Crippen molar-refractivity contribution in [1.29, 1.82) is 5.41 Å². The number of hydrogen-bond acceptors (Lipinski definition) is 3. The van der Waals surface area contributed by atoms with E-state index >= 15 is 0 Å². The van der Waals surface area contributed by atoms with Gasteiger partial charge in [0.2, 0.25) is 0 Å². The molecule has 0 aromatic heterocycles. The third-order valence-corrected chi connectivity index (χ3v) is 2.83. The van der Waals surface area contributed by atoms with Crippen LogP contribution in [0.15, 0.2) is 12.3 Å². The smallest absolute Gasteiger partial charge is 0.0901 e. The molecule has 0 aliphatic heterocycles. The van der Waals surface area contributed by atoms with E-state index in [1.54, 1.807) is 6.92 Å². The molecule has 1 aliphatic rings. The highest BCUT2D eigenvalue weighted by atomic mass is 15.2. The van der Waals surface area contributed by atoms with Crippen LogP contribution >= 0.6 is 0 Å². The molecule has 0 heterocycles. The summed E-state index contributed by atoms with van der Waals surface area (Å²) < 4.78 is 0. The summed E-state index contributed by atoms with van der Waals surface area (Å²) in [4.78, 5) is 0. The maximum Gasteiger partial charge on any atom is 0.0901 e. The minimum absolute atomic E-state index is 0.467. The number of rotatable bonds is 3. The molecule has 0 unspecified atom stereocenters. The highest BCUT2D eigenvalue weighted by Crippen LogP contribution is 2.27. The fourth-order valence-electron chi connectivity index (χ4n) is 2.01. The highest BCUT2D eigenvalue weighted by molar-refractivity contribution is 5.76. The molecule has 0 atom stereocenters. The molecule has 1 aliphatic carbocycles. The summed E-state index contributed by atoms with van der Waals surface area (Å²) in [6.45, 7) is 5.67. The Morgan fingerprint density at radius 3 is 2.36 bits per heavy atom. The van der Waals surface area contributed by atoms with E-state index in [1.807, 2.05) is 0 Å². The first-order valence-corrected chi connectivity index (χ1v) is 5.10. The zero-order valence-corrected chi connectivity index (χ0v) is 8.77. The van der Waals surface area contributed by atoms with Crippen LogP contribution in [0.4, 0.5) is 0 Å². The molecule has 0 saturated heterocycles. The summed E-state index contributed by atoms with van der Waals surface area (Å²) >= 11 is 0. The number of hydrazine groups is 1. The predicted octanol–water partition coefficient (Wildman–Crippen LogP) is 1.11. The predicted molar refractivity (Wildman–Crippen MR) is 58.7 cm³/mol. The van der Waals surface area contributed by atoms with Gasteiger partial charge in [-0.25, -0.2) is 0 Å². The summed E-state index contributed by atoms with van der Waals surface area (Å²) in [6, 6.07) is 0.467. The van der Waals surface area contributed by atoms with Crippen LogP contribution in [0.2, 0.25) is 0 Å². The minimum Gasteiger partial charge on any atom is -0.372 e. The van der Waals surface area contributed by atoms with Crippen molar-refractivity contribution < 1.29 is 0 Å². The summed E-state index contributed by atoms with van der Waals surface area (Å²) in [6.07, 6.45) is 4.41. The zero-order chi connectivity index (χ0) is 10.6. The molecule has 0 spiro atoms. The van der Waals surface area contributed by atoms with Crippen molar-refractivity contribution in [2.24, 2.45) is 11.8 Å². The van der Waals surface area contributed by atoms with Crippen molar-refractivity contribution in [1.82, 2.24) is 10.7 Å². The molecule has 4 heteroatoms. The lowest BCUT2D eigenvalue weighted by Gasteiger charge is -2.30. The Morgan fingerprint density at radius 2 is 1.93 bits per heavy atom. The summed E-state index contributed by atoms with van der Waals surface area (Å²) in [7, 11) is 0. The Bertz CT molecular complexity index is 216. The van der Waals surface area contributed by atoms with Crippen LogP contribution in [-0.2, 0) is 0 Å². The van der Waals surface area contributed by atoms with E-state index in [9.17, 15) is 0 Å². The van der Waals surface area contributed by atoms with Crippen LogP contribution in [0.1, 0.15) is 32.6 Å². The van der Waals surface area contributed by atoms with Gasteiger partial charge >= 0.3 is 0 Å². The Hall–Kier alpha value is -1.03. The van der Waals surface area contributed by atoms with Gasteiger partial charge in [0, 0.05) is 11.7 Å². The van der Waals surface area contributed by atoms with Crippen LogP contribution in [0.5, 0.6) is 0 Å². The Labute approximate surface area is 85.4 Å². The zero-order valence-electron chi connectivity index (χ0n) is 8.77. The second-order valence-corrected chi connectivity index (χ2v) is 3.99. The Morgan fingerprint density at radius 1 is 1.36 bits per heavy atom. The standard InChI is InChI=1S/C10H20N4/c1-7(14-12)9-3-5-10(6-4-9)13-8(2)11/h9-10,14H,1,3-6,12H2,2H3,(H2,11,13). The maximum atomic E-state index is 7.34. The molecule has 80 valence electrons. The Kier molecular flexibility index (Phi) is 3.95. The molecule has 5 N–H and O–H groups in total. The average molecular weight is 196 g/mol. The minimum atomic E-state index is 0.467. The van der Waals surface area contributed by atoms with Crippen LogP contribution in [0.25, 0.3) is 0 Å². The first-order valence-electron chi connectivity index (χ1n) is 5.10. The van der Waals surface area contributed by atoms with Gasteiger partial charge < -0.3 is 10.7 Å².